The smallest absolute Gasteiger partial charge is 0.316 e. The number of rotatable bonds is 1. The zero-order chi connectivity index (χ0) is 12.8. The molecule has 1 saturated heterocycles. The molecule has 5 heteroatoms. The minimum Gasteiger partial charge on any atom is -0.316 e. The lowest BCUT2D eigenvalue weighted by atomic mass is 9.91. The molecule has 1 aromatic rings. The standard InChI is InChI=1S/C14H16F3N.ClH/c15-14(16,17)13-4-2-1-3-12(13)9-5-10-7-18-8-11(10)6-9;/h1-4,9-11,18H,5-8H2;1H/t10-,11-;/m0./s1. The Balaban J connectivity index is 0.00000133. The zero-order valence-electron chi connectivity index (χ0n) is 10.4. The molecule has 1 aliphatic heterocycles. The van der Waals surface area contributed by atoms with E-state index in [1.165, 1.54) is 12.1 Å². The molecular weight excluding hydrogens is 275 g/mol. The molecule has 1 N–H and O–H groups in total. The van der Waals surface area contributed by atoms with Gasteiger partial charge in [-0.2, -0.15) is 13.2 Å². The van der Waals surface area contributed by atoms with Crippen LogP contribution in [0.5, 0.6) is 0 Å². The van der Waals surface area contributed by atoms with E-state index in [1.807, 2.05) is 0 Å². The van der Waals surface area contributed by atoms with E-state index in [0.29, 0.717) is 17.4 Å². The van der Waals surface area contributed by atoms with Crippen molar-refractivity contribution in [2.24, 2.45) is 11.8 Å². The van der Waals surface area contributed by atoms with Gasteiger partial charge in [-0.05, 0) is 55.3 Å². The van der Waals surface area contributed by atoms with Gasteiger partial charge in [0, 0.05) is 0 Å². The van der Waals surface area contributed by atoms with Gasteiger partial charge in [-0.25, -0.2) is 0 Å². The molecule has 1 aliphatic carbocycles. The average Bonchev–Trinajstić information content (AvgIpc) is 2.87. The number of benzene rings is 1. The molecule has 19 heavy (non-hydrogen) atoms. The van der Waals surface area contributed by atoms with Crippen LogP contribution in [0.3, 0.4) is 0 Å². The highest BCUT2D eigenvalue weighted by Crippen LogP contribution is 2.47. The van der Waals surface area contributed by atoms with Crippen molar-refractivity contribution in [1.82, 2.24) is 5.32 Å². The first-order valence-electron chi connectivity index (χ1n) is 6.42. The van der Waals surface area contributed by atoms with Crippen molar-refractivity contribution in [2.75, 3.05) is 13.1 Å². The number of alkyl halides is 3. The number of halogens is 4. The molecule has 1 aromatic carbocycles. The molecule has 0 amide bonds. The molecule has 0 bridgehead atoms. The van der Waals surface area contributed by atoms with Crippen LogP contribution in [0.2, 0.25) is 0 Å². The summed E-state index contributed by atoms with van der Waals surface area (Å²) in [4.78, 5) is 0. The maximum atomic E-state index is 13.0. The van der Waals surface area contributed by atoms with Crippen LogP contribution in [-0.4, -0.2) is 13.1 Å². The number of hydrogen-bond acceptors (Lipinski definition) is 1. The van der Waals surface area contributed by atoms with Crippen molar-refractivity contribution in [3.63, 3.8) is 0 Å². The molecule has 1 nitrogen and oxygen atoms in total. The second-order valence-electron chi connectivity index (χ2n) is 5.43. The zero-order valence-corrected chi connectivity index (χ0v) is 11.2. The first kappa shape index (κ1) is 14.7. The highest BCUT2D eigenvalue weighted by Gasteiger charge is 2.41. The summed E-state index contributed by atoms with van der Waals surface area (Å²) in [6.07, 6.45) is -2.44. The lowest BCUT2D eigenvalue weighted by molar-refractivity contribution is -0.138. The minimum absolute atomic E-state index is 0. The molecule has 2 atom stereocenters. The van der Waals surface area contributed by atoms with Crippen molar-refractivity contribution in [3.8, 4) is 0 Å². The van der Waals surface area contributed by atoms with Crippen molar-refractivity contribution in [3.05, 3.63) is 35.4 Å². The van der Waals surface area contributed by atoms with Crippen LogP contribution in [0.25, 0.3) is 0 Å². The van der Waals surface area contributed by atoms with Crippen molar-refractivity contribution >= 4 is 12.4 Å². The van der Waals surface area contributed by atoms with E-state index >= 15 is 0 Å². The number of fused-ring (bicyclic) bond motifs is 1. The molecular formula is C14H17ClF3N. The van der Waals surface area contributed by atoms with Gasteiger partial charge in [-0.1, -0.05) is 18.2 Å². The maximum absolute atomic E-state index is 13.0. The third kappa shape index (κ3) is 2.75. The van der Waals surface area contributed by atoms with E-state index < -0.39 is 11.7 Å². The second-order valence-corrected chi connectivity index (χ2v) is 5.43. The summed E-state index contributed by atoms with van der Waals surface area (Å²) in [5.74, 6) is 1.22. The van der Waals surface area contributed by atoms with E-state index in [-0.39, 0.29) is 18.3 Å². The second kappa shape index (κ2) is 5.33. The Kier molecular flexibility index (Phi) is 4.11. The van der Waals surface area contributed by atoms with Gasteiger partial charge in [-0.3, -0.25) is 0 Å². The van der Waals surface area contributed by atoms with Gasteiger partial charge in [-0.15, -0.1) is 12.4 Å². The molecule has 2 aliphatic rings. The van der Waals surface area contributed by atoms with Crippen LogP contribution in [0.15, 0.2) is 24.3 Å². The maximum Gasteiger partial charge on any atom is 0.416 e. The lowest BCUT2D eigenvalue weighted by Crippen LogP contribution is -2.14. The molecule has 0 spiro atoms. The molecule has 0 aromatic heterocycles. The summed E-state index contributed by atoms with van der Waals surface area (Å²) >= 11 is 0. The van der Waals surface area contributed by atoms with Crippen LogP contribution in [0.1, 0.15) is 29.9 Å². The topological polar surface area (TPSA) is 12.0 Å². The third-order valence-corrected chi connectivity index (χ3v) is 4.36. The van der Waals surface area contributed by atoms with Crippen LogP contribution in [0.4, 0.5) is 13.2 Å². The molecule has 1 heterocycles. The Hall–Kier alpha value is -0.740. The molecule has 106 valence electrons. The fraction of sp³-hybridized carbons (Fsp3) is 0.571. The first-order chi connectivity index (χ1) is 8.55. The summed E-state index contributed by atoms with van der Waals surface area (Å²) in [6.45, 7) is 1.94. The Bertz CT molecular complexity index is 435. The molecule has 1 saturated carbocycles. The highest BCUT2D eigenvalue weighted by atomic mass is 35.5. The van der Waals surface area contributed by atoms with Gasteiger partial charge in [0.1, 0.15) is 0 Å². The van der Waals surface area contributed by atoms with Gasteiger partial charge < -0.3 is 5.32 Å². The van der Waals surface area contributed by atoms with Gasteiger partial charge in [0.25, 0.3) is 0 Å². The third-order valence-electron chi connectivity index (χ3n) is 4.36. The minimum atomic E-state index is -4.23. The summed E-state index contributed by atoms with van der Waals surface area (Å²) in [5, 5.41) is 3.32. The molecule has 0 unspecified atom stereocenters. The lowest BCUT2D eigenvalue weighted by Gasteiger charge is -2.18. The van der Waals surface area contributed by atoms with E-state index in [4.69, 9.17) is 0 Å². The Labute approximate surface area is 117 Å². The van der Waals surface area contributed by atoms with Crippen LogP contribution >= 0.6 is 12.4 Å². The summed E-state index contributed by atoms with van der Waals surface area (Å²) in [5.41, 5.74) is 0.0577. The van der Waals surface area contributed by atoms with Gasteiger partial charge in [0.05, 0.1) is 5.56 Å². The van der Waals surface area contributed by atoms with Crippen LogP contribution < -0.4 is 5.32 Å². The first-order valence-corrected chi connectivity index (χ1v) is 6.42. The number of hydrogen-bond donors (Lipinski definition) is 1. The van der Waals surface area contributed by atoms with E-state index in [1.54, 1.807) is 12.1 Å². The summed E-state index contributed by atoms with van der Waals surface area (Å²) in [7, 11) is 0. The SMILES string of the molecule is Cl.FC(F)(F)c1ccccc1C1C[C@H]2CNC[C@@H]2C1. The number of nitrogens with one attached hydrogen (secondary N) is 1. The largest absolute Gasteiger partial charge is 0.416 e. The van der Waals surface area contributed by atoms with Crippen LogP contribution in [-0.2, 0) is 6.18 Å². The Morgan fingerprint density at radius 1 is 1.00 bits per heavy atom. The monoisotopic (exact) mass is 291 g/mol. The van der Waals surface area contributed by atoms with Gasteiger partial charge in [0.15, 0.2) is 0 Å². The van der Waals surface area contributed by atoms with Gasteiger partial charge in [0.2, 0.25) is 0 Å². The van der Waals surface area contributed by atoms with Crippen molar-refractivity contribution < 1.29 is 13.2 Å². The van der Waals surface area contributed by atoms with Gasteiger partial charge >= 0.3 is 6.18 Å². The summed E-state index contributed by atoms with van der Waals surface area (Å²) < 4.78 is 38.9. The van der Waals surface area contributed by atoms with E-state index in [9.17, 15) is 13.2 Å². The fourth-order valence-corrected chi connectivity index (χ4v) is 3.53. The molecule has 0 radical (unpaired) electrons. The molecule has 3 rings (SSSR count). The predicted molar refractivity (Wildman–Crippen MR) is 70.5 cm³/mol. The predicted octanol–water partition coefficient (Wildman–Crippen LogP) is 3.84. The van der Waals surface area contributed by atoms with E-state index in [2.05, 4.69) is 5.32 Å². The van der Waals surface area contributed by atoms with Crippen molar-refractivity contribution in [1.29, 1.82) is 0 Å². The highest BCUT2D eigenvalue weighted by molar-refractivity contribution is 5.85. The Morgan fingerprint density at radius 3 is 2.16 bits per heavy atom. The fourth-order valence-electron chi connectivity index (χ4n) is 3.53. The average molecular weight is 292 g/mol. The summed E-state index contributed by atoms with van der Waals surface area (Å²) in [6, 6.07) is 6.06. The van der Waals surface area contributed by atoms with Crippen LogP contribution in [0, 0.1) is 11.8 Å². The quantitative estimate of drug-likeness (QED) is 0.829. The van der Waals surface area contributed by atoms with Crippen molar-refractivity contribution in [2.45, 2.75) is 24.9 Å². The molecule has 2 fully saturated rings. The van der Waals surface area contributed by atoms with E-state index in [0.717, 1.165) is 25.9 Å². The Morgan fingerprint density at radius 2 is 1.58 bits per heavy atom. The normalized spacial score (nSPS) is 27.1.